The molecule has 1 aromatic rings. The fourth-order valence-electron chi connectivity index (χ4n) is 2.64. The van der Waals surface area contributed by atoms with Gasteiger partial charge in [-0.05, 0) is 18.6 Å². The first-order chi connectivity index (χ1) is 8.28. The summed E-state index contributed by atoms with van der Waals surface area (Å²) in [5.74, 6) is 0.937. The van der Waals surface area contributed by atoms with Crippen LogP contribution in [-0.2, 0) is 0 Å². The molecule has 2 atom stereocenters. The maximum Gasteiger partial charge on any atom is 0.191 e. The molecule has 0 aliphatic carbocycles. The SMILES string of the molecule is CCCC[C@@H]1N[C@]12COc1ccccc1C2=O. The number of nitrogens with one attached hydrogen (secondary N) is 1. The summed E-state index contributed by atoms with van der Waals surface area (Å²) >= 11 is 0. The molecule has 1 aromatic carbocycles. The number of carbonyl (C=O) groups is 1. The van der Waals surface area contributed by atoms with E-state index >= 15 is 0 Å². The summed E-state index contributed by atoms with van der Waals surface area (Å²) in [6, 6.07) is 7.82. The highest BCUT2D eigenvalue weighted by atomic mass is 16.5. The minimum Gasteiger partial charge on any atom is -0.490 e. The number of para-hydroxylation sites is 1. The lowest BCUT2D eigenvalue weighted by Gasteiger charge is -2.23. The number of hydrogen-bond donors (Lipinski definition) is 1. The summed E-state index contributed by atoms with van der Waals surface area (Å²) < 4.78 is 5.70. The van der Waals surface area contributed by atoms with E-state index in [-0.39, 0.29) is 5.78 Å². The molecule has 0 aromatic heterocycles. The predicted molar refractivity (Wildman–Crippen MR) is 65.4 cm³/mol. The second kappa shape index (κ2) is 3.84. The molecule has 3 nitrogen and oxygen atoms in total. The first kappa shape index (κ1) is 10.8. The van der Waals surface area contributed by atoms with E-state index in [1.807, 2.05) is 24.3 Å². The molecule has 2 heterocycles. The zero-order valence-corrected chi connectivity index (χ0v) is 10.0. The van der Waals surface area contributed by atoms with Crippen LogP contribution >= 0.6 is 0 Å². The predicted octanol–water partition coefficient (Wildman–Crippen LogP) is 2.16. The van der Waals surface area contributed by atoms with Gasteiger partial charge in [-0.25, -0.2) is 0 Å². The van der Waals surface area contributed by atoms with Crippen LogP contribution in [0.4, 0.5) is 0 Å². The number of benzene rings is 1. The van der Waals surface area contributed by atoms with E-state index < -0.39 is 5.54 Å². The van der Waals surface area contributed by atoms with E-state index in [4.69, 9.17) is 4.74 Å². The third-order valence-corrected chi connectivity index (χ3v) is 3.78. The largest absolute Gasteiger partial charge is 0.490 e. The molecule has 17 heavy (non-hydrogen) atoms. The van der Waals surface area contributed by atoms with Gasteiger partial charge >= 0.3 is 0 Å². The second-order valence-electron chi connectivity index (χ2n) is 4.92. The van der Waals surface area contributed by atoms with Crippen LogP contribution < -0.4 is 10.1 Å². The van der Waals surface area contributed by atoms with Crippen molar-refractivity contribution in [1.29, 1.82) is 0 Å². The molecule has 3 rings (SSSR count). The van der Waals surface area contributed by atoms with Crippen molar-refractivity contribution in [3.05, 3.63) is 29.8 Å². The molecule has 0 radical (unpaired) electrons. The first-order valence-corrected chi connectivity index (χ1v) is 6.32. The Labute approximate surface area is 101 Å². The van der Waals surface area contributed by atoms with Gasteiger partial charge in [-0.15, -0.1) is 0 Å². The Hall–Kier alpha value is -1.35. The minimum absolute atomic E-state index is 0.209. The van der Waals surface area contributed by atoms with E-state index in [9.17, 15) is 4.79 Å². The molecule has 2 aliphatic rings. The summed E-state index contributed by atoms with van der Waals surface area (Å²) in [6.07, 6.45) is 3.39. The Morgan fingerprint density at radius 1 is 1.47 bits per heavy atom. The molecule has 1 saturated heterocycles. The highest BCUT2D eigenvalue weighted by Crippen LogP contribution is 2.40. The summed E-state index contributed by atoms with van der Waals surface area (Å²) in [4.78, 5) is 12.4. The van der Waals surface area contributed by atoms with E-state index in [0.29, 0.717) is 12.6 Å². The summed E-state index contributed by atoms with van der Waals surface area (Å²) in [6.45, 7) is 2.65. The van der Waals surface area contributed by atoms with Crippen molar-refractivity contribution in [2.24, 2.45) is 0 Å². The van der Waals surface area contributed by atoms with Crippen LogP contribution in [0.2, 0.25) is 0 Å². The molecule has 90 valence electrons. The van der Waals surface area contributed by atoms with E-state index in [1.165, 1.54) is 6.42 Å². The van der Waals surface area contributed by atoms with Crippen LogP contribution in [0.1, 0.15) is 36.5 Å². The van der Waals surface area contributed by atoms with Gasteiger partial charge in [0.2, 0.25) is 0 Å². The molecule has 1 spiro atoms. The van der Waals surface area contributed by atoms with E-state index in [0.717, 1.165) is 24.2 Å². The van der Waals surface area contributed by atoms with Crippen molar-refractivity contribution in [2.45, 2.75) is 37.8 Å². The summed E-state index contributed by atoms with van der Waals surface area (Å²) in [5.41, 5.74) is 0.314. The van der Waals surface area contributed by atoms with Gasteiger partial charge in [0.05, 0.1) is 5.56 Å². The number of ketones is 1. The van der Waals surface area contributed by atoms with Gasteiger partial charge < -0.3 is 4.74 Å². The monoisotopic (exact) mass is 231 g/mol. The van der Waals surface area contributed by atoms with Crippen molar-refractivity contribution in [2.75, 3.05) is 6.61 Å². The fraction of sp³-hybridized carbons (Fsp3) is 0.500. The zero-order valence-electron chi connectivity index (χ0n) is 10.0. The summed E-state index contributed by atoms with van der Waals surface area (Å²) in [7, 11) is 0. The van der Waals surface area contributed by atoms with Gasteiger partial charge in [0.15, 0.2) is 5.78 Å². The molecule has 0 amide bonds. The number of ether oxygens (including phenoxy) is 1. The van der Waals surface area contributed by atoms with E-state index in [1.54, 1.807) is 0 Å². The van der Waals surface area contributed by atoms with Crippen molar-refractivity contribution in [1.82, 2.24) is 5.32 Å². The number of fused-ring (bicyclic) bond motifs is 1. The number of hydrogen-bond acceptors (Lipinski definition) is 3. The Bertz CT molecular complexity index is 457. The lowest BCUT2D eigenvalue weighted by Crippen LogP contribution is -2.40. The van der Waals surface area contributed by atoms with Crippen molar-refractivity contribution >= 4 is 5.78 Å². The first-order valence-electron chi connectivity index (χ1n) is 6.32. The van der Waals surface area contributed by atoms with Crippen molar-refractivity contribution in [3.8, 4) is 5.75 Å². The van der Waals surface area contributed by atoms with Crippen LogP contribution in [0, 0.1) is 0 Å². The average Bonchev–Trinajstić information content (AvgIpc) is 3.07. The topological polar surface area (TPSA) is 48.2 Å². The van der Waals surface area contributed by atoms with Gasteiger partial charge in [0.25, 0.3) is 0 Å². The number of carbonyl (C=O) groups excluding carboxylic acids is 1. The second-order valence-corrected chi connectivity index (χ2v) is 4.92. The van der Waals surface area contributed by atoms with Crippen LogP contribution in [0.15, 0.2) is 24.3 Å². The van der Waals surface area contributed by atoms with Crippen LogP contribution in [0.3, 0.4) is 0 Å². The Morgan fingerprint density at radius 2 is 2.29 bits per heavy atom. The van der Waals surface area contributed by atoms with Gasteiger partial charge in [0.1, 0.15) is 17.9 Å². The van der Waals surface area contributed by atoms with Gasteiger partial charge in [-0.3, -0.25) is 10.1 Å². The molecule has 0 unspecified atom stereocenters. The molecular formula is C14H17NO2. The normalized spacial score (nSPS) is 29.9. The fourth-order valence-corrected chi connectivity index (χ4v) is 2.64. The molecular weight excluding hydrogens is 214 g/mol. The Morgan fingerprint density at radius 3 is 3.12 bits per heavy atom. The Kier molecular flexibility index (Phi) is 2.44. The highest BCUT2D eigenvalue weighted by Gasteiger charge is 2.61. The van der Waals surface area contributed by atoms with Gasteiger partial charge in [-0.2, -0.15) is 0 Å². The molecule has 1 fully saturated rings. The maximum absolute atomic E-state index is 12.4. The van der Waals surface area contributed by atoms with Gasteiger partial charge in [-0.1, -0.05) is 31.9 Å². The molecule has 1 N–H and O–H groups in total. The lowest BCUT2D eigenvalue weighted by molar-refractivity contribution is 0.0864. The standard InChI is InChI=1S/C14H17NO2/c1-2-3-8-12-14(15-12)9-17-11-7-5-4-6-10(11)13(14)16/h4-7,12,15H,2-3,8-9H2,1H3/t12-,14+/m0/s1. The van der Waals surface area contributed by atoms with Gasteiger partial charge in [0, 0.05) is 6.04 Å². The maximum atomic E-state index is 12.4. The average molecular weight is 231 g/mol. The molecule has 3 heteroatoms. The molecule has 0 bridgehead atoms. The number of unbranched alkanes of at least 4 members (excludes halogenated alkanes) is 1. The minimum atomic E-state index is -0.413. The smallest absolute Gasteiger partial charge is 0.191 e. The van der Waals surface area contributed by atoms with Crippen LogP contribution in [-0.4, -0.2) is 24.0 Å². The highest BCUT2D eigenvalue weighted by molar-refractivity contribution is 6.09. The summed E-state index contributed by atoms with van der Waals surface area (Å²) in [5, 5.41) is 3.34. The van der Waals surface area contributed by atoms with Crippen molar-refractivity contribution in [3.63, 3.8) is 0 Å². The lowest BCUT2D eigenvalue weighted by atomic mass is 9.90. The molecule has 0 saturated carbocycles. The quantitative estimate of drug-likeness (QED) is 0.811. The zero-order chi connectivity index (χ0) is 11.9. The van der Waals surface area contributed by atoms with Crippen LogP contribution in [0.25, 0.3) is 0 Å². The third kappa shape index (κ3) is 1.57. The van der Waals surface area contributed by atoms with Crippen LogP contribution in [0.5, 0.6) is 5.75 Å². The number of rotatable bonds is 3. The third-order valence-electron chi connectivity index (χ3n) is 3.78. The molecule has 2 aliphatic heterocycles. The number of Topliss-reactive ketones (excluding diaryl/α,β-unsaturated/α-hetero) is 1. The Balaban J connectivity index is 1.82. The van der Waals surface area contributed by atoms with Crippen molar-refractivity contribution < 1.29 is 9.53 Å². The van der Waals surface area contributed by atoms with E-state index in [2.05, 4.69) is 12.2 Å².